The largest absolute Gasteiger partial charge is 0.490 e. The Morgan fingerprint density at radius 2 is 1.71 bits per heavy atom. The van der Waals surface area contributed by atoms with Crippen molar-refractivity contribution in [3.05, 3.63) is 35.9 Å². The summed E-state index contributed by atoms with van der Waals surface area (Å²) in [5, 5.41) is 0. The van der Waals surface area contributed by atoms with Crippen molar-refractivity contribution >= 4 is 12.4 Å². The lowest BCUT2D eigenvalue weighted by atomic mass is 9.99. The van der Waals surface area contributed by atoms with Crippen LogP contribution in [0, 0.1) is 0 Å². The summed E-state index contributed by atoms with van der Waals surface area (Å²) < 4.78 is 36.1. The van der Waals surface area contributed by atoms with E-state index in [9.17, 15) is 4.79 Å². The van der Waals surface area contributed by atoms with Crippen LogP contribution in [-0.2, 0) is 23.7 Å². The average Bonchev–Trinajstić information content (AvgIpc) is 3.13. The van der Waals surface area contributed by atoms with Gasteiger partial charge < -0.3 is 28.4 Å². The molecule has 0 unspecified atom stereocenters. The molecule has 0 amide bonds. The molecule has 0 spiro atoms. The van der Waals surface area contributed by atoms with Crippen LogP contribution in [0.1, 0.15) is 43.6 Å². The van der Waals surface area contributed by atoms with Gasteiger partial charge in [0.25, 0.3) is 0 Å². The molecule has 152 valence electrons. The quantitative estimate of drug-likeness (QED) is 0.716. The summed E-state index contributed by atoms with van der Waals surface area (Å²) in [5.41, 5.74) is 1.30. The zero-order valence-electron chi connectivity index (χ0n) is 16.5. The van der Waals surface area contributed by atoms with E-state index in [1.165, 1.54) is 0 Å². The predicted octanol–water partition coefficient (Wildman–Crippen LogP) is 2.92. The van der Waals surface area contributed by atoms with Crippen LogP contribution in [0.2, 0.25) is 0 Å². The van der Waals surface area contributed by atoms with Crippen LogP contribution in [0.5, 0.6) is 5.75 Å². The first kappa shape index (κ1) is 19.5. The van der Waals surface area contributed by atoms with Gasteiger partial charge in [-0.2, -0.15) is 0 Å². The van der Waals surface area contributed by atoms with Gasteiger partial charge in [0.15, 0.2) is 24.2 Å². The van der Waals surface area contributed by atoms with Gasteiger partial charge in [0, 0.05) is 0 Å². The van der Waals surface area contributed by atoms with Gasteiger partial charge in [0.2, 0.25) is 0 Å². The highest BCUT2D eigenvalue weighted by Crippen LogP contribution is 2.44. The Labute approximate surface area is 164 Å². The Bertz CT molecular complexity index is 772. The normalized spacial score (nSPS) is 35.1. The molecule has 0 aliphatic carbocycles. The molecule has 3 fully saturated rings. The van der Waals surface area contributed by atoms with E-state index in [0.29, 0.717) is 11.3 Å². The van der Waals surface area contributed by atoms with Crippen LogP contribution in [0.4, 0.5) is 0 Å². The van der Waals surface area contributed by atoms with Crippen LogP contribution < -0.4 is 4.74 Å². The van der Waals surface area contributed by atoms with Gasteiger partial charge in [0.05, 0.1) is 5.56 Å². The standard InChI is InChI=1S/C21H26O7/c1-6-12-7-8-14(13(9-12)10-22)23-11-15-16-17(26-20(2,3)25-16)18-19(24-15)28-21(4,5)27-18/h6-10,15-19H,1,11H2,2-5H3/t15-,16-,17+,18-,19-/m1/s1. The molecule has 4 rings (SSSR count). The Kier molecular flexibility index (Phi) is 4.84. The molecule has 0 N–H and O–H groups in total. The van der Waals surface area contributed by atoms with Gasteiger partial charge in [-0.15, -0.1) is 0 Å². The van der Waals surface area contributed by atoms with Crippen LogP contribution >= 0.6 is 0 Å². The van der Waals surface area contributed by atoms with Crippen molar-refractivity contribution < 1.29 is 33.2 Å². The molecule has 5 atom stereocenters. The molecule has 0 bridgehead atoms. The van der Waals surface area contributed by atoms with Crippen molar-refractivity contribution in [2.75, 3.05) is 6.61 Å². The highest BCUT2D eigenvalue weighted by molar-refractivity contribution is 5.80. The van der Waals surface area contributed by atoms with Crippen molar-refractivity contribution in [2.45, 2.75) is 70.0 Å². The lowest BCUT2D eigenvalue weighted by Crippen LogP contribution is -2.56. The molecule has 3 saturated heterocycles. The second-order valence-corrected chi connectivity index (χ2v) is 8.14. The first-order valence-corrected chi connectivity index (χ1v) is 9.42. The first-order valence-electron chi connectivity index (χ1n) is 9.42. The molecule has 0 radical (unpaired) electrons. The Morgan fingerprint density at radius 3 is 2.43 bits per heavy atom. The van der Waals surface area contributed by atoms with E-state index in [-0.39, 0.29) is 24.9 Å². The smallest absolute Gasteiger partial charge is 0.190 e. The molecule has 7 nitrogen and oxygen atoms in total. The van der Waals surface area contributed by atoms with E-state index in [4.69, 9.17) is 28.4 Å². The maximum Gasteiger partial charge on any atom is 0.190 e. The molecule has 3 heterocycles. The minimum atomic E-state index is -0.767. The SMILES string of the molecule is C=Cc1ccc(OC[C@H]2O[C@@H]3OC(C)(C)O[C@@H]3[C@H]3OC(C)(C)O[C@@H]32)c(C=O)c1. The Balaban J connectivity index is 1.53. The molecular formula is C21H26O7. The van der Waals surface area contributed by atoms with E-state index in [1.807, 2.05) is 33.8 Å². The molecule has 0 aromatic heterocycles. The molecule has 0 saturated carbocycles. The van der Waals surface area contributed by atoms with Gasteiger partial charge >= 0.3 is 0 Å². The topological polar surface area (TPSA) is 72.5 Å². The monoisotopic (exact) mass is 390 g/mol. The van der Waals surface area contributed by atoms with Crippen molar-refractivity contribution in [3.63, 3.8) is 0 Å². The van der Waals surface area contributed by atoms with Gasteiger partial charge in [-0.3, -0.25) is 4.79 Å². The van der Waals surface area contributed by atoms with Crippen molar-refractivity contribution in [2.24, 2.45) is 0 Å². The third-order valence-corrected chi connectivity index (χ3v) is 5.05. The molecule has 7 heteroatoms. The summed E-state index contributed by atoms with van der Waals surface area (Å²) >= 11 is 0. The number of carbonyl (C=O) groups is 1. The number of fused-ring (bicyclic) bond motifs is 3. The number of aldehydes is 1. The molecule has 3 aliphatic rings. The van der Waals surface area contributed by atoms with E-state index in [0.717, 1.165) is 11.8 Å². The highest BCUT2D eigenvalue weighted by atomic mass is 16.9. The van der Waals surface area contributed by atoms with Gasteiger partial charge in [-0.25, -0.2) is 0 Å². The van der Waals surface area contributed by atoms with Crippen LogP contribution in [0.25, 0.3) is 6.08 Å². The average molecular weight is 390 g/mol. The molecule has 1 aromatic carbocycles. The number of ether oxygens (including phenoxy) is 6. The first-order chi connectivity index (χ1) is 13.2. The summed E-state index contributed by atoms with van der Waals surface area (Å²) in [6, 6.07) is 5.31. The van der Waals surface area contributed by atoms with Crippen LogP contribution in [0.3, 0.4) is 0 Å². The summed E-state index contributed by atoms with van der Waals surface area (Å²) in [6.07, 6.45) is 0.336. The van der Waals surface area contributed by atoms with Gasteiger partial charge in [-0.1, -0.05) is 18.7 Å². The zero-order valence-corrected chi connectivity index (χ0v) is 16.5. The summed E-state index contributed by atoms with van der Waals surface area (Å²) in [6.45, 7) is 11.3. The van der Waals surface area contributed by atoms with E-state index >= 15 is 0 Å². The highest BCUT2D eigenvalue weighted by Gasteiger charge is 2.60. The number of rotatable bonds is 5. The third kappa shape index (κ3) is 3.60. The molecule has 1 aromatic rings. The van der Waals surface area contributed by atoms with Crippen LogP contribution in [0.15, 0.2) is 24.8 Å². The van der Waals surface area contributed by atoms with Gasteiger partial charge in [0.1, 0.15) is 36.8 Å². The number of carbonyl (C=O) groups excluding carboxylic acids is 1. The fourth-order valence-electron chi connectivity index (χ4n) is 3.92. The van der Waals surface area contributed by atoms with Crippen molar-refractivity contribution in [1.29, 1.82) is 0 Å². The second-order valence-electron chi connectivity index (χ2n) is 8.14. The summed E-state index contributed by atoms with van der Waals surface area (Å²) in [5.74, 6) is -1.05. The summed E-state index contributed by atoms with van der Waals surface area (Å²) in [4.78, 5) is 11.4. The fourth-order valence-corrected chi connectivity index (χ4v) is 3.92. The summed E-state index contributed by atoms with van der Waals surface area (Å²) in [7, 11) is 0. The molecule has 28 heavy (non-hydrogen) atoms. The molecule has 3 aliphatic heterocycles. The lowest BCUT2D eigenvalue weighted by Gasteiger charge is -2.37. The van der Waals surface area contributed by atoms with E-state index in [1.54, 1.807) is 18.2 Å². The minimum absolute atomic E-state index is 0.182. The number of hydrogen-bond donors (Lipinski definition) is 0. The Hall–Kier alpha value is -1.77. The van der Waals surface area contributed by atoms with Gasteiger partial charge in [-0.05, 0) is 45.4 Å². The van der Waals surface area contributed by atoms with E-state index < -0.39 is 24.0 Å². The fraction of sp³-hybridized carbons (Fsp3) is 0.571. The second kappa shape index (κ2) is 6.93. The Morgan fingerprint density at radius 1 is 1.04 bits per heavy atom. The number of hydrogen-bond acceptors (Lipinski definition) is 7. The predicted molar refractivity (Wildman–Crippen MR) is 99.9 cm³/mol. The lowest BCUT2D eigenvalue weighted by molar-refractivity contribution is -0.238. The number of benzene rings is 1. The third-order valence-electron chi connectivity index (χ3n) is 5.05. The zero-order chi connectivity index (χ0) is 20.1. The van der Waals surface area contributed by atoms with Crippen LogP contribution in [-0.4, -0.2) is 55.2 Å². The maximum atomic E-state index is 11.4. The van der Waals surface area contributed by atoms with Crippen molar-refractivity contribution in [1.82, 2.24) is 0 Å². The maximum absolute atomic E-state index is 11.4. The van der Waals surface area contributed by atoms with E-state index in [2.05, 4.69) is 6.58 Å². The molecular weight excluding hydrogens is 364 g/mol. The minimum Gasteiger partial charge on any atom is -0.490 e. The van der Waals surface area contributed by atoms with Crippen molar-refractivity contribution in [3.8, 4) is 5.75 Å².